The van der Waals surface area contributed by atoms with E-state index in [2.05, 4.69) is 261 Å². The topological polar surface area (TPSA) is 28.9 Å². The molecule has 0 atom stereocenters. The summed E-state index contributed by atoms with van der Waals surface area (Å²) in [5.74, 6) is 1.71. The van der Waals surface area contributed by atoms with Crippen molar-refractivity contribution in [1.82, 2.24) is 0 Å². The zero-order chi connectivity index (χ0) is 48.7. The molecule has 1 aliphatic rings. The first kappa shape index (κ1) is 42.5. The highest BCUT2D eigenvalue weighted by Crippen LogP contribution is 2.53. The van der Waals surface area contributed by atoms with E-state index >= 15 is 0 Å². The van der Waals surface area contributed by atoms with Gasteiger partial charge in [-0.25, -0.2) is 0 Å². The quantitative estimate of drug-likeness (QED) is 0.142. The van der Waals surface area contributed by atoms with Crippen LogP contribution in [0.4, 0.5) is 34.1 Å². The largest absolute Gasteiger partial charge is 0.456 e. The first-order valence-electron chi connectivity index (χ1n) is 25.1. The van der Waals surface area contributed by atoms with Gasteiger partial charge in [0.15, 0.2) is 5.58 Å². The van der Waals surface area contributed by atoms with Crippen LogP contribution < -0.4 is 14.5 Å². The van der Waals surface area contributed by atoms with Gasteiger partial charge in [-0.15, -0.1) is 0 Å². The minimum atomic E-state index is 0.846. The molecule has 4 nitrogen and oxygen atoms in total. The van der Waals surface area contributed by atoms with Crippen LogP contribution in [0.25, 0.3) is 87.6 Å². The average molecular weight is 937 g/mol. The molecule has 0 aliphatic carbocycles. The smallest absolute Gasteiger partial charge is 0.159 e. The molecule has 0 saturated heterocycles. The maximum atomic E-state index is 6.99. The summed E-state index contributed by atoms with van der Waals surface area (Å²) in [5, 5.41) is 9.31. The molecule has 4 heteroatoms. The highest BCUT2D eigenvalue weighted by atomic mass is 16.5. The summed E-state index contributed by atoms with van der Waals surface area (Å²) in [4.78, 5) is 4.73. The Bertz CT molecular complexity index is 4300. The van der Waals surface area contributed by atoms with E-state index in [1.807, 2.05) is 6.07 Å². The lowest BCUT2D eigenvalue weighted by atomic mass is 9.86. The van der Waals surface area contributed by atoms with Crippen LogP contribution in [-0.2, 0) is 0 Å². The van der Waals surface area contributed by atoms with Crippen molar-refractivity contribution in [3.8, 4) is 44.9 Å². The van der Waals surface area contributed by atoms with Crippen LogP contribution in [0.1, 0.15) is 16.7 Å². The molecule has 0 spiro atoms. The number of anilines is 6. The number of nitrogens with zero attached hydrogens (tertiary/aromatic N) is 2. The Morgan fingerprint density at radius 1 is 0.329 bits per heavy atom. The van der Waals surface area contributed by atoms with E-state index in [9.17, 15) is 0 Å². The molecule has 0 bridgehead atoms. The van der Waals surface area contributed by atoms with E-state index in [4.69, 9.17) is 9.15 Å². The molecule has 0 fully saturated rings. The molecule has 1 aromatic heterocycles. The van der Waals surface area contributed by atoms with Crippen LogP contribution >= 0.6 is 0 Å². The highest BCUT2D eigenvalue weighted by molar-refractivity contribution is 6.25. The molecule has 12 aromatic carbocycles. The lowest BCUT2D eigenvalue weighted by molar-refractivity contribution is 0.487. The van der Waals surface area contributed by atoms with E-state index in [1.54, 1.807) is 0 Å². The molecular formula is C69H48N2O2. The molecule has 0 saturated carbocycles. The van der Waals surface area contributed by atoms with Gasteiger partial charge in [0.05, 0.1) is 17.1 Å². The molecule has 2 heterocycles. The Hall–Kier alpha value is -9.38. The SMILES string of the molecule is Cc1cc(C)c(N(c2ccccc2)c2ccc3c(c2)Oc2cccc4c2c-3cc2c3ccccc3c(-c3ccc(N(c5ccccc5-c5ccccc5)c5cccc6c5oc5ccccc56)cc3)cc42)c(C)c1. The number of hydrogen-bond donors (Lipinski definition) is 0. The second-order valence-electron chi connectivity index (χ2n) is 19.4. The van der Waals surface area contributed by atoms with Gasteiger partial charge < -0.3 is 19.0 Å². The Morgan fingerprint density at radius 3 is 1.73 bits per heavy atom. The van der Waals surface area contributed by atoms with Crippen molar-refractivity contribution < 1.29 is 9.15 Å². The zero-order valence-electron chi connectivity index (χ0n) is 40.7. The normalized spacial score (nSPS) is 11.9. The van der Waals surface area contributed by atoms with Crippen molar-refractivity contribution in [2.45, 2.75) is 20.8 Å². The second-order valence-corrected chi connectivity index (χ2v) is 19.4. The van der Waals surface area contributed by atoms with E-state index < -0.39 is 0 Å². The number of para-hydroxylation sites is 4. The molecule has 346 valence electrons. The van der Waals surface area contributed by atoms with Crippen molar-refractivity contribution in [2.75, 3.05) is 9.80 Å². The van der Waals surface area contributed by atoms with Crippen LogP contribution in [0.3, 0.4) is 0 Å². The molecular weight excluding hydrogens is 889 g/mol. The summed E-state index contributed by atoms with van der Waals surface area (Å²) in [7, 11) is 0. The van der Waals surface area contributed by atoms with Gasteiger partial charge in [-0.3, -0.25) is 0 Å². The van der Waals surface area contributed by atoms with Gasteiger partial charge in [0.2, 0.25) is 0 Å². The standard InChI is InChI=1S/C69H48N2O2/c1-43-38-44(2)68(45(3)39-43)70(48-20-8-5-9-21-48)50-36-37-55-61-42-59-53-24-11-10-23-52(53)58(41-60(59)56-26-17-31-65(67(56)61)72-66(55)40-50)47-32-34-49(35-33-47)71(62-28-14-12-22-51(62)46-18-6-4-7-19-46)63-29-16-27-57-54-25-13-15-30-64(54)73-69(57)63/h4-42H,1-3H3. The van der Waals surface area contributed by atoms with E-state index in [1.165, 1.54) is 60.4 Å². The first-order valence-corrected chi connectivity index (χ1v) is 25.1. The molecule has 73 heavy (non-hydrogen) atoms. The van der Waals surface area contributed by atoms with Gasteiger partial charge in [-0.05, 0) is 154 Å². The fraction of sp³-hybridized carbons (Fsp3) is 0.0435. The zero-order valence-corrected chi connectivity index (χ0v) is 40.7. The summed E-state index contributed by atoms with van der Waals surface area (Å²) >= 11 is 0. The predicted molar refractivity (Wildman–Crippen MR) is 306 cm³/mol. The van der Waals surface area contributed by atoms with Gasteiger partial charge in [-0.1, -0.05) is 163 Å². The predicted octanol–water partition coefficient (Wildman–Crippen LogP) is 20.0. The van der Waals surface area contributed by atoms with Crippen molar-refractivity contribution in [2.24, 2.45) is 0 Å². The number of rotatable bonds is 8. The molecule has 0 amide bonds. The number of hydrogen-bond acceptors (Lipinski definition) is 4. The summed E-state index contributed by atoms with van der Waals surface area (Å²) in [6.45, 7) is 6.58. The fourth-order valence-corrected chi connectivity index (χ4v) is 11.8. The van der Waals surface area contributed by atoms with Crippen molar-refractivity contribution in [3.63, 3.8) is 0 Å². The molecule has 0 unspecified atom stereocenters. The van der Waals surface area contributed by atoms with Crippen LogP contribution in [0.2, 0.25) is 0 Å². The maximum absolute atomic E-state index is 6.99. The second kappa shape index (κ2) is 16.9. The van der Waals surface area contributed by atoms with Gasteiger partial charge in [0, 0.05) is 50.4 Å². The molecule has 14 rings (SSSR count). The average Bonchev–Trinajstić information content (AvgIpc) is 3.82. The van der Waals surface area contributed by atoms with E-state index in [0.717, 1.165) is 89.5 Å². The first-order chi connectivity index (χ1) is 35.9. The van der Waals surface area contributed by atoms with Crippen molar-refractivity contribution in [3.05, 3.63) is 253 Å². The number of fused-ring (bicyclic) bond motifs is 9. The third-order valence-electron chi connectivity index (χ3n) is 14.9. The molecule has 0 radical (unpaired) electrons. The number of ether oxygens (including phenoxy) is 1. The number of furan rings is 1. The summed E-state index contributed by atoms with van der Waals surface area (Å²) < 4.78 is 13.7. The molecule has 0 N–H and O–H groups in total. The summed E-state index contributed by atoms with van der Waals surface area (Å²) in [6, 6.07) is 85.3. The lowest BCUT2D eigenvalue weighted by Gasteiger charge is -2.30. The summed E-state index contributed by atoms with van der Waals surface area (Å²) in [6.07, 6.45) is 0. The monoisotopic (exact) mass is 936 g/mol. The lowest BCUT2D eigenvalue weighted by Crippen LogP contribution is -2.13. The third kappa shape index (κ3) is 6.90. The highest BCUT2D eigenvalue weighted by Gasteiger charge is 2.27. The van der Waals surface area contributed by atoms with Gasteiger partial charge >= 0.3 is 0 Å². The van der Waals surface area contributed by atoms with Crippen molar-refractivity contribution >= 4 is 88.4 Å². The Labute approximate surface area is 424 Å². The van der Waals surface area contributed by atoms with E-state index in [0.29, 0.717) is 0 Å². The minimum Gasteiger partial charge on any atom is -0.456 e. The van der Waals surface area contributed by atoms with Gasteiger partial charge in [-0.2, -0.15) is 0 Å². The van der Waals surface area contributed by atoms with Crippen LogP contribution in [-0.4, -0.2) is 0 Å². The summed E-state index contributed by atoms with van der Waals surface area (Å²) in [5.41, 5.74) is 18.7. The Kier molecular flexibility index (Phi) is 9.84. The molecule has 13 aromatic rings. The Balaban J connectivity index is 0.914. The Morgan fingerprint density at radius 2 is 0.918 bits per heavy atom. The minimum absolute atomic E-state index is 0.846. The number of aryl methyl sites for hydroxylation is 3. The van der Waals surface area contributed by atoms with Crippen LogP contribution in [0.15, 0.2) is 241 Å². The number of benzene rings is 12. The maximum Gasteiger partial charge on any atom is 0.159 e. The molecule has 1 aliphatic heterocycles. The van der Waals surface area contributed by atoms with Gasteiger partial charge in [0.1, 0.15) is 17.1 Å². The van der Waals surface area contributed by atoms with Crippen LogP contribution in [0, 0.1) is 20.8 Å². The fourth-order valence-electron chi connectivity index (χ4n) is 11.8. The van der Waals surface area contributed by atoms with Crippen molar-refractivity contribution in [1.29, 1.82) is 0 Å². The van der Waals surface area contributed by atoms with E-state index in [-0.39, 0.29) is 0 Å². The third-order valence-corrected chi connectivity index (χ3v) is 14.9. The van der Waals surface area contributed by atoms with Gasteiger partial charge in [0.25, 0.3) is 0 Å². The van der Waals surface area contributed by atoms with Crippen LogP contribution in [0.5, 0.6) is 11.5 Å².